The van der Waals surface area contributed by atoms with Crippen LogP contribution >= 0.6 is 0 Å². The van der Waals surface area contributed by atoms with E-state index in [0.29, 0.717) is 43.2 Å². The van der Waals surface area contributed by atoms with Gasteiger partial charge in [0.1, 0.15) is 18.0 Å². The second-order valence-electron chi connectivity index (χ2n) is 6.99. The fourth-order valence-electron chi connectivity index (χ4n) is 3.67. The fraction of sp³-hybridized carbons (Fsp3) is 0.350. The number of likely N-dealkylation sites (tertiary alicyclic amines) is 1. The van der Waals surface area contributed by atoms with Gasteiger partial charge in [0.05, 0.1) is 20.2 Å². The molecule has 2 saturated heterocycles. The normalized spacial score (nSPS) is 22.0. The zero-order valence-corrected chi connectivity index (χ0v) is 15.4. The molecule has 2 aromatic rings. The van der Waals surface area contributed by atoms with Crippen molar-refractivity contribution in [2.24, 2.45) is 0 Å². The molecular formula is C20H20FN3O4. The van der Waals surface area contributed by atoms with E-state index in [4.69, 9.17) is 9.47 Å². The molecule has 2 aliphatic rings. The van der Waals surface area contributed by atoms with Crippen molar-refractivity contribution in [1.82, 2.24) is 9.88 Å². The lowest BCUT2D eigenvalue weighted by Crippen LogP contribution is -2.56. The summed E-state index contributed by atoms with van der Waals surface area (Å²) in [5.74, 6) is -0.293. The van der Waals surface area contributed by atoms with Crippen LogP contribution in [0.3, 0.4) is 0 Å². The zero-order chi connectivity index (χ0) is 19.7. The summed E-state index contributed by atoms with van der Waals surface area (Å²) in [7, 11) is 1.50. The highest BCUT2D eigenvalue weighted by Crippen LogP contribution is 2.33. The lowest BCUT2D eigenvalue weighted by Gasteiger charge is -2.40. The lowest BCUT2D eigenvalue weighted by atomic mass is 10.00. The number of halogens is 1. The summed E-state index contributed by atoms with van der Waals surface area (Å²) in [6, 6.07) is 9.05. The minimum atomic E-state index is -0.630. The Morgan fingerprint density at radius 3 is 2.79 bits per heavy atom. The maximum absolute atomic E-state index is 13.2. The molecule has 0 N–H and O–H groups in total. The summed E-state index contributed by atoms with van der Waals surface area (Å²) in [5, 5.41) is 0. The summed E-state index contributed by atoms with van der Waals surface area (Å²) >= 11 is 0. The maximum Gasteiger partial charge on any atom is 0.254 e. The van der Waals surface area contributed by atoms with Crippen LogP contribution in [0.4, 0.5) is 10.1 Å². The second-order valence-corrected chi connectivity index (χ2v) is 6.99. The van der Waals surface area contributed by atoms with E-state index in [9.17, 15) is 14.0 Å². The lowest BCUT2D eigenvalue weighted by molar-refractivity contribution is -0.137. The van der Waals surface area contributed by atoms with Gasteiger partial charge < -0.3 is 19.3 Å². The fourth-order valence-corrected chi connectivity index (χ4v) is 3.67. The molecule has 8 heteroatoms. The minimum Gasteiger partial charge on any atom is -0.481 e. The molecule has 1 unspecified atom stereocenters. The van der Waals surface area contributed by atoms with E-state index in [0.717, 1.165) is 0 Å². The summed E-state index contributed by atoms with van der Waals surface area (Å²) in [4.78, 5) is 32.5. The first-order chi connectivity index (χ1) is 13.5. The molecule has 146 valence electrons. The molecule has 0 bridgehead atoms. The first-order valence-corrected chi connectivity index (χ1v) is 8.99. The van der Waals surface area contributed by atoms with Crippen molar-refractivity contribution in [3.05, 3.63) is 54.0 Å². The number of anilines is 1. The van der Waals surface area contributed by atoms with Gasteiger partial charge in [-0.05, 0) is 36.8 Å². The van der Waals surface area contributed by atoms with Crippen molar-refractivity contribution >= 4 is 17.5 Å². The zero-order valence-electron chi connectivity index (χ0n) is 15.4. The summed E-state index contributed by atoms with van der Waals surface area (Å²) < 4.78 is 24.2. The molecule has 1 aromatic carbocycles. The first-order valence-electron chi connectivity index (χ1n) is 8.99. The Hall–Kier alpha value is -3.00. The number of rotatable bonds is 3. The number of pyridine rings is 1. The molecule has 1 aromatic heterocycles. The Balaban J connectivity index is 1.51. The van der Waals surface area contributed by atoms with Crippen molar-refractivity contribution in [1.29, 1.82) is 0 Å². The number of nitrogens with zero attached hydrogens (tertiary/aromatic N) is 3. The smallest absolute Gasteiger partial charge is 0.254 e. The Morgan fingerprint density at radius 2 is 2.04 bits per heavy atom. The van der Waals surface area contributed by atoms with Gasteiger partial charge in [-0.15, -0.1) is 0 Å². The van der Waals surface area contributed by atoms with E-state index in [1.807, 2.05) is 0 Å². The predicted molar refractivity (Wildman–Crippen MR) is 98.7 cm³/mol. The van der Waals surface area contributed by atoms with Crippen molar-refractivity contribution in [3.63, 3.8) is 0 Å². The van der Waals surface area contributed by atoms with Crippen LogP contribution in [0, 0.1) is 5.82 Å². The molecule has 7 nitrogen and oxygen atoms in total. The van der Waals surface area contributed by atoms with Gasteiger partial charge in [0.25, 0.3) is 11.8 Å². The molecule has 0 radical (unpaired) electrons. The van der Waals surface area contributed by atoms with Gasteiger partial charge in [0.15, 0.2) is 0 Å². The molecule has 4 rings (SSSR count). The van der Waals surface area contributed by atoms with E-state index in [2.05, 4.69) is 4.98 Å². The molecule has 1 atom stereocenters. The van der Waals surface area contributed by atoms with Crippen LogP contribution in [0.1, 0.15) is 16.8 Å². The largest absolute Gasteiger partial charge is 0.481 e. The van der Waals surface area contributed by atoms with Gasteiger partial charge in [0, 0.05) is 30.1 Å². The SMILES string of the molecule is COc1cc(C(=O)N2CCC3(C2)CN(c2ccc(F)cc2)C(=O)CO3)ccn1. The average Bonchev–Trinajstić information content (AvgIpc) is 3.14. The number of ether oxygens (including phenoxy) is 2. The Kier molecular flexibility index (Phi) is 4.72. The highest BCUT2D eigenvalue weighted by Gasteiger charge is 2.46. The average molecular weight is 385 g/mol. The first kappa shape index (κ1) is 18.4. The topological polar surface area (TPSA) is 72.0 Å². The monoisotopic (exact) mass is 385 g/mol. The maximum atomic E-state index is 13.2. The number of hydrogen-bond acceptors (Lipinski definition) is 5. The van der Waals surface area contributed by atoms with Crippen LogP contribution in [0.5, 0.6) is 5.88 Å². The summed E-state index contributed by atoms with van der Waals surface area (Å²) in [6.07, 6.45) is 2.15. The van der Waals surface area contributed by atoms with Crippen LogP contribution in [-0.4, -0.2) is 60.7 Å². The molecule has 28 heavy (non-hydrogen) atoms. The van der Waals surface area contributed by atoms with E-state index in [1.54, 1.807) is 34.1 Å². The standard InChI is InChI=1S/C20H20FN3O4/c1-27-17-10-14(6-8-22-17)19(26)23-9-7-20(12-23)13-24(18(25)11-28-20)16-4-2-15(21)3-5-16/h2-6,8,10H,7,9,11-13H2,1H3. The number of amides is 2. The third-order valence-corrected chi connectivity index (χ3v) is 5.18. The highest BCUT2D eigenvalue weighted by atomic mass is 19.1. The quantitative estimate of drug-likeness (QED) is 0.807. The van der Waals surface area contributed by atoms with E-state index in [1.165, 1.54) is 25.4 Å². The molecule has 2 fully saturated rings. The van der Waals surface area contributed by atoms with Gasteiger partial charge in [-0.3, -0.25) is 9.59 Å². The molecule has 2 amide bonds. The van der Waals surface area contributed by atoms with E-state index >= 15 is 0 Å². The predicted octanol–water partition coefficient (Wildman–Crippen LogP) is 1.88. The Bertz CT molecular complexity index is 905. The van der Waals surface area contributed by atoms with E-state index < -0.39 is 5.60 Å². The van der Waals surface area contributed by atoms with Crippen molar-refractivity contribution in [3.8, 4) is 5.88 Å². The third kappa shape index (κ3) is 3.43. The number of methoxy groups -OCH3 is 1. The molecule has 0 aliphatic carbocycles. The summed E-state index contributed by atoms with van der Waals surface area (Å²) in [6.45, 7) is 1.15. The third-order valence-electron chi connectivity index (χ3n) is 5.18. The number of morpholine rings is 1. The van der Waals surface area contributed by atoms with Gasteiger partial charge >= 0.3 is 0 Å². The van der Waals surface area contributed by atoms with Crippen LogP contribution in [0.15, 0.2) is 42.6 Å². The minimum absolute atomic E-state index is 0.0670. The summed E-state index contributed by atoms with van der Waals surface area (Å²) in [5.41, 5.74) is 0.485. The molecular weight excluding hydrogens is 365 g/mol. The van der Waals surface area contributed by atoms with Gasteiger partial charge in [0.2, 0.25) is 5.88 Å². The van der Waals surface area contributed by atoms with Gasteiger partial charge in [-0.25, -0.2) is 9.37 Å². The molecule has 2 aliphatic heterocycles. The number of aromatic nitrogens is 1. The highest BCUT2D eigenvalue weighted by molar-refractivity contribution is 5.96. The van der Waals surface area contributed by atoms with E-state index in [-0.39, 0.29) is 24.2 Å². The van der Waals surface area contributed by atoms with Crippen molar-refractivity contribution in [2.45, 2.75) is 12.0 Å². The van der Waals surface area contributed by atoms with Crippen LogP contribution in [0.2, 0.25) is 0 Å². The number of hydrogen-bond donors (Lipinski definition) is 0. The Morgan fingerprint density at radius 1 is 1.25 bits per heavy atom. The van der Waals surface area contributed by atoms with Gasteiger partial charge in [-0.1, -0.05) is 0 Å². The van der Waals surface area contributed by atoms with Crippen molar-refractivity contribution in [2.75, 3.05) is 38.3 Å². The molecule has 1 spiro atoms. The molecule has 0 saturated carbocycles. The number of benzene rings is 1. The van der Waals surface area contributed by atoms with Crippen LogP contribution in [0.25, 0.3) is 0 Å². The van der Waals surface area contributed by atoms with Crippen molar-refractivity contribution < 1.29 is 23.5 Å². The molecule has 3 heterocycles. The van der Waals surface area contributed by atoms with Gasteiger partial charge in [-0.2, -0.15) is 0 Å². The Labute approximate surface area is 161 Å². The van der Waals surface area contributed by atoms with Crippen LogP contribution in [-0.2, 0) is 9.53 Å². The number of carbonyl (C=O) groups is 2. The van der Waals surface area contributed by atoms with Crippen LogP contribution < -0.4 is 9.64 Å². The second kappa shape index (κ2) is 7.20. The number of carbonyl (C=O) groups excluding carboxylic acids is 2.